The highest BCUT2D eigenvalue weighted by atomic mass is 14.7. The van der Waals surface area contributed by atoms with Crippen LogP contribution in [0.3, 0.4) is 0 Å². The lowest BCUT2D eigenvalue weighted by Crippen LogP contribution is -2.22. The smallest absolute Gasteiger partial charge is 0.0329 e. The van der Waals surface area contributed by atoms with E-state index in [1.54, 1.807) is 0 Å². The first kappa shape index (κ1) is 12.4. The monoisotopic (exact) mass is 251 g/mol. The fourth-order valence-corrected chi connectivity index (χ4v) is 3.22. The fraction of sp³-hybridized carbons (Fsp3) is 0.333. The third-order valence-corrected chi connectivity index (χ3v) is 4.28. The highest BCUT2D eigenvalue weighted by Crippen LogP contribution is 2.33. The minimum Gasteiger partial charge on any atom is -0.324 e. The van der Waals surface area contributed by atoms with Crippen LogP contribution in [0.5, 0.6) is 0 Å². The zero-order valence-corrected chi connectivity index (χ0v) is 11.3. The summed E-state index contributed by atoms with van der Waals surface area (Å²) in [6.07, 6.45) is 4.75. The predicted octanol–water partition coefficient (Wildman–Crippen LogP) is 3.88. The van der Waals surface area contributed by atoms with Crippen LogP contribution in [0.2, 0.25) is 0 Å². The molecule has 0 saturated heterocycles. The molecule has 0 radical (unpaired) electrons. The summed E-state index contributed by atoms with van der Waals surface area (Å²) in [5, 5.41) is 0. The van der Waals surface area contributed by atoms with Gasteiger partial charge in [-0.3, -0.25) is 0 Å². The average Bonchev–Trinajstić information content (AvgIpc) is 2.61. The molecule has 2 N–H and O–H groups in total. The summed E-state index contributed by atoms with van der Waals surface area (Å²) in [5.74, 6) is 0.561. The lowest BCUT2D eigenvalue weighted by Gasteiger charge is -2.23. The van der Waals surface area contributed by atoms with Gasteiger partial charge in [0.1, 0.15) is 0 Å². The van der Waals surface area contributed by atoms with Crippen molar-refractivity contribution in [2.75, 3.05) is 0 Å². The molecule has 0 aromatic heterocycles. The Kier molecular flexibility index (Phi) is 3.65. The van der Waals surface area contributed by atoms with Crippen LogP contribution in [0.4, 0.5) is 0 Å². The van der Waals surface area contributed by atoms with E-state index in [9.17, 15) is 0 Å². The van der Waals surface area contributed by atoms with Crippen LogP contribution in [0.25, 0.3) is 0 Å². The lowest BCUT2D eigenvalue weighted by atomic mass is 9.86. The van der Waals surface area contributed by atoms with Gasteiger partial charge >= 0.3 is 0 Å². The highest BCUT2D eigenvalue weighted by Gasteiger charge is 2.24. The Bertz CT molecular complexity index is 532. The molecule has 0 saturated carbocycles. The molecule has 3 rings (SSSR count). The summed E-state index contributed by atoms with van der Waals surface area (Å²) in [5.41, 5.74) is 10.8. The largest absolute Gasteiger partial charge is 0.324 e. The molecule has 1 aliphatic carbocycles. The standard InChI is InChI=1S/C18H21N/c19-18-16(13-14-7-2-1-3-8-14)11-6-10-15-9-4-5-12-17(15)18/h1-5,7-9,12,16,18H,6,10-11,13,19H2. The van der Waals surface area contributed by atoms with Crippen molar-refractivity contribution in [2.45, 2.75) is 31.7 Å². The molecule has 98 valence electrons. The first-order valence-electron chi connectivity index (χ1n) is 7.22. The van der Waals surface area contributed by atoms with Crippen LogP contribution in [0.15, 0.2) is 54.6 Å². The second-order valence-electron chi connectivity index (χ2n) is 5.57. The quantitative estimate of drug-likeness (QED) is 0.805. The van der Waals surface area contributed by atoms with Crippen molar-refractivity contribution >= 4 is 0 Å². The van der Waals surface area contributed by atoms with Gasteiger partial charge in [0.25, 0.3) is 0 Å². The van der Waals surface area contributed by atoms with Gasteiger partial charge in [0, 0.05) is 6.04 Å². The number of nitrogens with two attached hydrogens (primary N) is 1. The SMILES string of the molecule is NC1c2ccccc2CCCC1Cc1ccccc1. The zero-order chi connectivity index (χ0) is 13.1. The second-order valence-corrected chi connectivity index (χ2v) is 5.57. The van der Waals surface area contributed by atoms with Gasteiger partial charge in [0.2, 0.25) is 0 Å². The van der Waals surface area contributed by atoms with Crippen LogP contribution >= 0.6 is 0 Å². The molecule has 0 fully saturated rings. The number of aryl methyl sites for hydroxylation is 1. The number of hydrogen-bond acceptors (Lipinski definition) is 1. The molecule has 1 nitrogen and oxygen atoms in total. The molecule has 0 bridgehead atoms. The molecule has 1 heteroatoms. The number of fused-ring (bicyclic) bond motifs is 1. The Morgan fingerprint density at radius 2 is 1.68 bits per heavy atom. The first-order chi connectivity index (χ1) is 9.34. The summed E-state index contributed by atoms with van der Waals surface area (Å²) in [4.78, 5) is 0. The van der Waals surface area contributed by atoms with E-state index in [1.165, 1.54) is 36.0 Å². The van der Waals surface area contributed by atoms with E-state index in [1.807, 2.05) is 0 Å². The van der Waals surface area contributed by atoms with Crippen molar-refractivity contribution in [2.24, 2.45) is 11.7 Å². The van der Waals surface area contributed by atoms with E-state index >= 15 is 0 Å². The van der Waals surface area contributed by atoms with E-state index in [2.05, 4.69) is 54.6 Å². The van der Waals surface area contributed by atoms with E-state index in [-0.39, 0.29) is 6.04 Å². The van der Waals surface area contributed by atoms with Crippen molar-refractivity contribution in [3.05, 3.63) is 71.3 Å². The summed E-state index contributed by atoms with van der Waals surface area (Å²) < 4.78 is 0. The summed E-state index contributed by atoms with van der Waals surface area (Å²) >= 11 is 0. The Labute approximate surface area is 115 Å². The van der Waals surface area contributed by atoms with Crippen molar-refractivity contribution < 1.29 is 0 Å². The minimum atomic E-state index is 0.180. The lowest BCUT2D eigenvalue weighted by molar-refractivity contribution is 0.402. The molecule has 2 atom stereocenters. The van der Waals surface area contributed by atoms with Gasteiger partial charge in [-0.25, -0.2) is 0 Å². The van der Waals surface area contributed by atoms with Gasteiger partial charge < -0.3 is 5.73 Å². The Morgan fingerprint density at radius 1 is 0.947 bits per heavy atom. The molecular weight excluding hydrogens is 230 g/mol. The molecule has 0 spiro atoms. The van der Waals surface area contributed by atoms with Crippen molar-refractivity contribution in [3.8, 4) is 0 Å². The topological polar surface area (TPSA) is 26.0 Å². The van der Waals surface area contributed by atoms with Crippen LogP contribution in [-0.2, 0) is 12.8 Å². The molecule has 0 aliphatic heterocycles. The zero-order valence-electron chi connectivity index (χ0n) is 11.3. The second kappa shape index (κ2) is 5.58. The van der Waals surface area contributed by atoms with Gasteiger partial charge in [0.05, 0.1) is 0 Å². The van der Waals surface area contributed by atoms with Crippen LogP contribution in [-0.4, -0.2) is 0 Å². The fourth-order valence-electron chi connectivity index (χ4n) is 3.22. The van der Waals surface area contributed by atoms with Crippen molar-refractivity contribution in [1.29, 1.82) is 0 Å². The summed E-state index contributed by atoms with van der Waals surface area (Å²) in [6, 6.07) is 19.6. The average molecular weight is 251 g/mol. The molecule has 0 heterocycles. The minimum absolute atomic E-state index is 0.180. The molecule has 19 heavy (non-hydrogen) atoms. The molecule has 0 amide bonds. The molecule has 2 aromatic carbocycles. The van der Waals surface area contributed by atoms with Crippen LogP contribution < -0.4 is 5.73 Å². The Balaban J connectivity index is 1.84. The number of rotatable bonds is 2. The number of benzene rings is 2. The van der Waals surface area contributed by atoms with E-state index < -0.39 is 0 Å². The van der Waals surface area contributed by atoms with Gasteiger partial charge in [-0.15, -0.1) is 0 Å². The van der Waals surface area contributed by atoms with Crippen LogP contribution in [0, 0.1) is 5.92 Å². The maximum Gasteiger partial charge on any atom is 0.0329 e. The normalized spacial score (nSPS) is 22.6. The number of hydrogen-bond donors (Lipinski definition) is 1. The van der Waals surface area contributed by atoms with Gasteiger partial charge in [-0.2, -0.15) is 0 Å². The molecule has 2 aromatic rings. The molecule has 1 aliphatic rings. The third-order valence-electron chi connectivity index (χ3n) is 4.28. The highest BCUT2D eigenvalue weighted by molar-refractivity contribution is 5.32. The Hall–Kier alpha value is -1.60. The van der Waals surface area contributed by atoms with Crippen molar-refractivity contribution in [3.63, 3.8) is 0 Å². The third kappa shape index (κ3) is 2.71. The van der Waals surface area contributed by atoms with E-state index in [0.717, 1.165) is 6.42 Å². The molecular formula is C18H21N. The Morgan fingerprint density at radius 3 is 2.53 bits per heavy atom. The maximum atomic E-state index is 6.54. The maximum absolute atomic E-state index is 6.54. The first-order valence-corrected chi connectivity index (χ1v) is 7.22. The van der Waals surface area contributed by atoms with Crippen LogP contribution in [0.1, 0.15) is 35.6 Å². The predicted molar refractivity (Wildman–Crippen MR) is 79.9 cm³/mol. The van der Waals surface area contributed by atoms with E-state index in [0.29, 0.717) is 5.92 Å². The summed E-state index contributed by atoms with van der Waals surface area (Å²) in [6.45, 7) is 0. The van der Waals surface area contributed by atoms with Gasteiger partial charge in [0.15, 0.2) is 0 Å². The van der Waals surface area contributed by atoms with Crippen molar-refractivity contribution in [1.82, 2.24) is 0 Å². The van der Waals surface area contributed by atoms with Gasteiger partial charge in [-0.1, -0.05) is 54.6 Å². The van der Waals surface area contributed by atoms with Gasteiger partial charge in [-0.05, 0) is 48.3 Å². The molecule has 2 unspecified atom stereocenters. The summed E-state index contributed by atoms with van der Waals surface area (Å²) in [7, 11) is 0. The van der Waals surface area contributed by atoms with E-state index in [4.69, 9.17) is 5.73 Å².